The van der Waals surface area contributed by atoms with Gasteiger partial charge in [-0.05, 0) is 48.9 Å². The van der Waals surface area contributed by atoms with Crippen molar-refractivity contribution in [2.75, 3.05) is 7.11 Å². The van der Waals surface area contributed by atoms with Crippen molar-refractivity contribution >= 4 is 17.5 Å². The van der Waals surface area contributed by atoms with E-state index in [0.29, 0.717) is 0 Å². The number of hydrogen-bond donors (Lipinski definition) is 0. The van der Waals surface area contributed by atoms with Crippen molar-refractivity contribution in [2.45, 2.75) is 28.6 Å². The molecular formula is C19H18O3S. The van der Waals surface area contributed by atoms with Crippen molar-refractivity contribution in [1.82, 2.24) is 0 Å². The van der Waals surface area contributed by atoms with Crippen LogP contribution in [0.1, 0.15) is 12.5 Å². The predicted molar refractivity (Wildman–Crippen MR) is 90.4 cm³/mol. The van der Waals surface area contributed by atoms with E-state index in [4.69, 9.17) is 9.47 Å². The zero-order valence-electron chi connectivity index (χ0n) is 13.1. The summed E-state index contributed by atoms with van der Waals surface area (Å²) in [5, 5.41) is 0. The summed E-state index contributed by atoms with van der Waals surface area (Å²) in [5.74, 6) is -0.0748. The molecule has 23 heavy (non-hydrogen) atoms. The van der Waals surface area contributed by atoms with E-state index in [9.17, 15) is 4.79 Å². The van der Waals surface area contributed by atoms with Crippen molar-refractivity contribution in [2.24, 2.45) is 0 Å². The van der Waals surface area contributed by atoms with E-state index in [0.717, 1.165) is 10.5 Å². The number of ketones is 1. The first-order chi connectivity index (χ1) is 11.1. The van der Waals surface area contributed by atoms with Crippen LogP contribution < -0.4 is 0 Å². The van der Waals surface area contributed by atoms with Crippen LogP contribution in [-0.4, -0.2) is 19.2 Å². The van der Waals surface area contributed by atoms with Crippen LogP contribution in [0.5, 0.6) is 0 Å². The van der Waals surface area contributed by atoms with Crippen LogP contribution in [0.3, 0.4) is 0 Å². The Morgan fingerprint density at radius 1 is 1.04 bits per heavy atom. The largest absolute Gasteiger partial charge is 0.352 e. The molecule has 0 bridgehead atoms. The summed E-state index contributed by atoms with van der Waals surface area (Å²) in [6, 6.07) is 18.1. The molecule has 1 heterocycles. The third kappa shape index (κ3) is 3.39. The van der Waals surface area contributed by atoms with Gasteiger partial charge in [0.1, 0.15) is 0 Å². The molecule has 0 aliphatic carbocycles. The Balaban J connectivity index is 1.81. The minimum absolute atomic E-state index is 0.0748. The van der Waals surface area contributed by atoms with Crippen LogP contribution in [0, 0.1) is 0 Å². The van der Waals surface area contributed by atoms with Crippen molar-refractivity contribution < 1.29 is 14.3 Å². The van der Waals surface area contributed by atoms with E-state index in [2.05, 4.69) is 12.1 Å². The molecule has 2 aromatic carbocycles. The molecule has 0 fully saturated rings. The molecule has 2 atom stereocenters. The molecule has 0 radical (unpaired) electrons. The van der Waals surface area contributed by atoms with Gasteiger partial charge in [-0.15, -0.1) is 0 Å². The second kappa shape index (κ2) is 6.71. The van der Waals surface area contributed by atoms with Gasteiger partial charge in [-0.1, -0.05) is 42.1 Å². The summed E-state index contributed by atoms with van der Waals surface area (Å²) in [4.78, 5) is 14.6. The van der Waals surface area contributed by atoms with E-state index in [1.807, 2.05) is 42.5 Å². The number of benzene rings is 2. The second-order valence-corrected chi connectivity index (χ2v) is 6.56. The predicted octanol–water partition coefficient (Wildman–Crippen LogP) is 4.18. The fraction of sp³-hybridized carbons (Fsp3) is 0.211. The first kappa shape index (κ1) is 16.0. The number of ether oxygens (including phenoxy) is 2. The highest BCUT2D eigenvalue weighted by molar-refractivity contribution is 7.99. The van der Waals surface area contributed by atoms with Gasteiger partial charge >= 0.3 is 0 Å². The van der Waals surface area contributed by atoms with Crippen molar-refractivity contribution in [3.8, 4) is 0 Å². The lowest BCUT2D eigenvalue weighted by Crippen LogP contribution is -2.41. The molecule has 1 aliphatic heterocycles. The standard InChI is InChI=1S/C19H18O3S/c1-19(17(20)12-13-18(21-2)22-19)14-8-10-16(11-9-14)23-15-6-4-3-5-7-15/h3-13,18H,1-2H3/t18-,19-/m1/s1. The van der Waals surface area contributed by atoms with Crippen LogP contribution in [0.15, 0.2) is 76.5 Å². The maximum Gasteiger partial charge on any atom is 0.191 e. The topological polar surface area (TPSA) is 35.5 Å². The molecule has 3 rings (SSSR count). The van der Waals surface area contributed by atoms with Crippen LogP contribution in [0.2, 0.25) is 0 Å². The Hall–Kier alpha value is -1.88. The quantitative estimate of drug-likeness (QED) is 0.844. The molecule has 0 aromatic heterocycles. The van der Waals surface area contributed by atoms with Crippen LogP contribution >= 0.6 is 11.8 Å². The summed E-state index contributed by atoms with van der Waals surface area (Å²) in [7, 11) is 1.56. The highest BCUT2D eigenvalue weighted by Gasteiger charge is 2.39. The van der Waals surface area contributed by atoms with Gasteiger partial charge < -0.3 is 9.47 Å². The first-order valence-corrected chi connectivity index (χ1v) is 8.20. The Morgan fingerprint density at radius 3 is 2.35 bits per heavy atom. The van der Waals surface area contributed by atoms with Gasteiger partial charge in [0.25, 0.3) is 0 Å². The van der Waals surface area contributed by atoms with E-state index in [1.165, 1.54) is 11.0 Å². The highest BCUT2D eigenvalue weighted by atomic mass is 32.2. The normalized spacial score (nSPS) is 23.9. The molecule has 0 amide bonds. The Bertz CT molecular complexity index is 709. The summed E-state index contributed by atoms with van der Waals surface area (Å²) in [6.07, 6.45) is 2.66. The zero-order valence-corrected chi connectivity index (χ0v) is 13.9. The lowest BCUT2D eigenvalue weighted by atomic mass is 9.89. The molecule has 118 valence electrons. The summed E-state index contributed by atoms with van der Waals surface area (Å²) >= 11 is 1.68. The van der Waals surface area contributed by atoms with Gasteiger partial charge in [-0.3, -0.25) is 4.79 Å². The Kier molecular flexibility index (Phi) is 4.66. The van der Waals surface area contributed by atoms with Gasteiger partial charge in [0, 0.05) is 16.9 Å². The fourth-order valence-electron chi connectivity index (χ4n) is 2.46. The van der Waals surface area contributed by atoms with E-state index < -0.39 is 11.9 Å². The monoisotopic (exact) mass is 326 g/mol. The first-order valence-electron chi connectivity index (χ1n) is 7.38. The Labute approximate surface area is 140 Å². The number of carbonyl (C=O) groups excluding carboxylic acids is 1. The minimum atomic E-state index is -1.01. The fourth-order valence-corrected chi connectivity index (χ4v) is 3.29. The maximum absolute atomic E-state index is 12.3. The lowest BCUT2D eigenvalue weighted by molar-refractivity contribution is -0.185. The zero-order chi connectivity index (χ0) is 16.3. The van der Waals surface area contributed by atoms with Crippen LogP contribution in [0.4, 0.5) is 0 Å². The average Bonchev–Trinajstić information content (AvgIpc) is 2.59. The van der Waals surface area contributed by atoms with E-state index in [-0.39, 0.29) is 5.78 Å². The van der Waals surface area contributed by atoms with Gasteiger partial charge in [0.05, 0.1) is 0 Å². The van der Waals surface area contributed by atoms with Gasteiger partial charge in [-0.2, -0.15) is 0 Å². The van der Waals surface area contributed by atoms with Gasteiger partial charge in [0.2, 0.25) is 0 Å². The molecule has 0 saturated heterocycles. The van der Waals surface area contributed by atoms with Crippen molar-refractivity contribution in [1.29, 1.82) is 0 Å². The SMILES string of the molecule is CO[C@H]1C=CC(=O)[C@@](C)(c2ccc(Sc3ccccc3)cc2)O1. The van der Waals surface area contributed by atoms with Crippen LogP contribution in [-0.2, 0) is 19.9 Å². The molecule has 1 aliphatic rings. The molecule has 0 saturated carbocycles. The van der Waals surface area contributed by atoms with Gasteiger partial charge in [-0.25, -0.2) is 0 Å². The van der Waals surface area contributed by atoms with Gasteiger partial charge in [0.15, 0.2) is 17.7 Å². The van der Waals surface area contributed by atoms with Crippen molar-refractivity contribution in [3.63, 3.8) is 0 Å². The summed E-state index contributed by atoms with van der Waals surface area (Å²) in [5.41, 5.74) is -0.183. The lowest BCUT2D eigenvalue weighted by Gasteiger charge is -2.33. The third-order valence-corrected chi connectivity index (χ3v) is 4.86. The molecule has 2 aromatic rings. The number of rotatable bonds is 4. The summed E-state index contributed by atoms with van der Waals surface area (Å²) < 4.78 is 11.0. The molecule has 3 nitrogen and oxygen atoms in total. The van der Waals surface area contributed by atoms with Crippen LogP contribution in [0.25, 0.3) is 0 Å². The molecule has 0 N–H and O–H groups in total. The molecule has 4 heteroatoms. The summed E-state index contributed by atoms with van der Waals surface area (Å²) in [6.45, 7) is 1.78. The molecule has 0 unspecified atom stereocenters. The number of carbonyl (C=O) groups is 1. The number of methoxy groups -OCH3 is 1. The third-order valence-electron chi connectivity index (χ3n) is 3.84. The van der Waals surface area contributed by atoms with E-state index in [1.54, 1.807) is 31.9 Å². The Morgan fingerprint density at radius 2 is 1.70 bits per heavy atom. The van der Waals surface area contributed by atoms with E-state index >= 15 is 0 Å². The second-order valence-electron chi connectivity index (χ2n) is 5.42. The average molecular weight is 326 g/mol. The maximum atomic E-state index is 12.3. The number of hydrogen-bond acceptors (Lipinski definition) is 4. The van der Waals surface area contributed by atoms with Crippen molar-refractivity contribution in [3.05, 3.63) is 72.3 Å². The molecule has 0 spiro atoms. The highest BCUT2D eigenvalue weighted by Crippen LogP contribution is 2.34. The molecular weight excluding hydrogens is 308 g/mol. The minimum Gasteiger partial charge on any atom is -0.352 e. The smallest absolute Gasteiger partial charge is 0.191 e.